The molecule has 0 aliphatic heterocycles. The summed E-state index contributed by atoms with van der Waals surface area (Å²) in [7, 11) is -4.46. The largest absolute Gasteiger partial charge is 0.525 e. The van der Waals surface area contributed by atoms with Crippen molar-refractivity contribution < 1.29 is 18.9 Å². The molecule has 1 aromatic rings. The van der Waals surface area contributed by atoms with Gasteiger partial charge >= 0.3 is 7.82 Å². The molecule has 1 aromatic heterocycles. The Morgan fingerprint density at radius 2 is 2.12 bits per heavy atom. The molecular weight excluding hydrogens is 229 g/mol. The highest BCUT2D eigenvalue weighted by molar-refractivity contribution is 7.46. The summed E-state index contributed by atoms with van der Waals surface area (Å²) in [5.41, 5.74) is 0.819. The second kappa shape index (κ2) is 6.09. The Morgan fingerprint density at radius 3 is 2.75 bits per heavy atom. The third-order valence-electron chi connectivity index (χ3n) is 2.30. The molecule has 0 aliphatic carbocycles. The van der Waals surface area contributed by atoms with Crippen LogP contribution >= 0.6 is 7.82 Å². The van der Waals surface area contributed by atoms with Crippen LogP contribution in [0.1, 0.15) is 38.2 Å². The number of aromatic nitrogens is 1. The standard InChI is InChI=1S/C10H18NO4P/c1-2-3-4-5-6-9-7-8-11-10(9)15-16(12,13)14/h7-8,11H,2-6H2,1H3,(H2,12,13,14). The zero-order chi connectivity index (χ0) is 12.0. The van der Waals surface area contributed by atoms with Crippen LogP contribution in [0.2, 0.25) is 0 Å². The van der Waals surface area contributed by atoms with E-state index in [1.54, 1.807) is 12.3 Å². The van der Waals surface area contributed by atoms with Crippen molar-refractivity contribution in [2.24, 2.45) is 0 Å². The summed E-state index contributed by atoms with van der Waals surface area (Å²) >= 11 is 0. The van der Waals surface area contributed by atoms with Crippen molar-refractivity contribution in [3.8, 4) is 5.88 Å². The van der Waals surface area contributed by atoms with Gasteiger partial charge in [0.15, 0.2) is 0 Å². The van der Waals surface area contributed by atoms with Crippen molar-refractivity contribution in [1.29, 1.82) is 0 Å². The van der Waals surface area contributed by atoms with E-state index in [1.807, 2.05) is 0 Å². The molecule has 0 spiro atoms. The van der Waals surface area contributed by atoms with Crippen molar-refractivity contribution in [3.05, 3.63) is 17.8 Å². The van der Waals surface area contributed by atoms with E-state index in [4.69, 9.17) is 9.79 Å². The molecule has 0 aliphatic rings. The van der Waals surface area contributed by atoms with Gasteiger partial charge in [0.2, 0.25) is 5.88 Å². The lowest BCUT2D eigenvalue weighted by molar-refractivity contribution is 0.279. The van der Waals surface area contributed by atoms with Gasteiger partial charge in [-0.25, -0.2) is 4.57 Å². The number of phosphoric acid groups is 1. The van der Waals surface area contributed by atoms with Gasteiger partial charge < -0.3 is 9.51 Å². The number of unbranched alkanes of at least 4 members (excludes halogenated alkanes) is 3. The predicted octanol–water partition coefficient (Wildman–Crippen LogP) is 2.61. The maximum atomic E-state index is 10.7. The zero-order valence-electron chi connectivity index (χ0n) is 9.35. The molecule has 0 radical (unpaired) electrons. The number of nitrogens with one attached hydrogen (secondary N) is 1. The fourth-order valence-electron chi connectivity index (χ4n) is 1.53. The topological polar surface area (TPSA) is 82.6 Å². The average Bonchev–Trinajstić information content (AvgIpc) is 2.58. The quantitative estimate of drug-likeness (QED) is 0.511. The van der Waals surface area contributed by atoms with Gasteiger partial charge in [0, 0.05) is 11.8 Å². The molecule has 0 bridgehead atoms. The number of hydrogen-bond donors (Lipinski definition) is 3. The van der Waals surface area contributed by atoms with E-state index in [9.17, 15) is 4.57 Å². The van der Waals surface area contributed by atoms with E-state index < -0.39 is 7.82 Å². The molecule has 0 saturated heterocycles. The fourth-order valence-corrected chi connectivity index (χ4v) is 1.94. The lowest BCUT2D eigenvalue weighted by atomic mass is 10.1. The lowest BCUT2D eigenvalue weighted by Gasteiger charge is -2.07. The first kappa shape index (κ1) is 13.3. The van der Waals surface area contributed by atoms with Crippen molar-refractivity contribution in [3.63, 3.8) is 0 Å². The van der Waals surface area contributed by atoms with Crippen LogP contribution in [0.4, 0.5) is 0 Å². The summed E-state index contributed by atoms with van der Waals surface area (Å²) in [6.07, 6.45) is 6.87. The molecule has 5 nitrogen and oxygen atoms in total. The maximum absolute atomic E-state index is 10.7. The summed E-state index contributed by atoms with van der Waals surface area (Å²) in [5.74, 6) is 0.185. The molecule has 0 atom stereocenters. The number of phosphoric ester groups is 1. The summed E-state index contributed by atoms with van der Waals surface area (Å²) in [6.45, 7) is 2.14. The lowest BCUT2D eigenvalue weighted by Crippen LogP contribution is -1.94. The average molecular weight is 247 g/mol. The van der Waals surface area contributed by atoms with Crippen LogP contribution in [0.5, 0.6) is 5.88 Å². The molecule has 0 fully saturated rings. The van der Waals surface area contributed by atoms with Gasteiger partial charge in [0.25, 0.3) is 0 Å². The van der Waals surface area contributed by atoms with E-state index in [-0.39, 0.29) is 5.88 Å². The summed E-state index contributed by atoms with van der Waals surface area (Å²) in [4.78, 5) is 20.1. The first-order valence-corrected chi connectivity index (χ1v) is 6.97. The van der Waals surface area contributed by atoms with E-state index >= 15 is 0 Å². The Hall–Kier alpha value is -0.770. The van der Waals surface area contributed by atoms with Gasteiger partial charge in [0.1, 0.15) is 0 Å². The van der Waals surface area contributed by atoms with Crippen molar-refractivity contribution in [2.75, 3.05) is 0 Å². The molecule has 0 aromatic carbocycles. The minimum Gasteiger partial charge on any atom is -0.388 e. The van der Waals surface area contributed by atoms with E-state index in [0.29, 0.717) is 0 Å². The molecule has 0 amide bonds. The summed E-state index contributed by atoms with van der Waals surface area (Å²) in [5, 5.41) is 0. The molecule has 16 heavy (non-hydrogen) atoms. The summed E-state index contributed by atoms with van der Waals surface area (Å²) in [6, 6.07) is 1.79. The smallest absolute Gasteiger partial charge is 0.388 e. The van der Waals surface area contributed by atoms with Crippen LogP contribution < -0.4 is 4.52 Å². The number of hydrogen-bond acceptors (Lipinski definition) is 2. The van der Waals surface area contributed by atoms with Crippen LogP contribution in [-0.4, -0.2) is 14.8 Å². The Labute approximate surface area is 95.1 Å². The van der Waals surface area contributed by atoms with Crippen LogP contribution in [-0.2, 0) is 11.0 Å². The molecular formula is C10H18NO4P. The van der Waals surface area contributed by atoms with Crippen molar-refractivity contribution >= 4 is 7.82 Å². The van der Waals surface area contributed by atoms with E-state index in [0.717, 1.165) is 24.8 Å². The highest BCUT2D eigenvalue weighted by Gasteiger charge is 2.18. The van der Waals surface area contributed by atoms with Gasteiger partial charge in [-0.3, -0.25) is 9.79 Å². The second-order valence-electron chi connectivity index (χ2n) is 3.72. The highest BCUT2D eigenvalue weighted by Crippen LogP contribution is 2.38. The van der Waals surface area contributed by atoms with Crippen LogP contribution in [0.15, 0.2) is 12.3 Å². The maximum Gasteiger partial charge on any atom is 0.525 e. The summed E-state index contributed by atoms with van der Waals surface area (Å²) < 4.78 is 15.2. The van der Waals surface area contributed by atoms with E-state index in [2.05, 4.69) is 16.4 Å². The van der Waals surface area contributed by atoms with Gasteiger partial charge in [-0.1, -0.05) is 26.2 Å². The number of aryl methyl sites for hydroxylation is 1. The number of rotatable bonds is 7. The third-order valence-corrected chi connectivity index (χ3v) is 2.72. The molecule has 92 valence electrons. The van der Waals surface area contributed by atoms with Crippen molar-refractivity contribution in [1.82, 2.24) is 4.98 Å². The second-order valence-corrected chi connectivity index (χ2v) is 4.89. The molecule has 1 rings (SSSR count). The first-order chi connectivity index (χ1) is 7.53. The molecule has 6 heteroatoms. The molecule has 0 unspecified atom stereocenters. The number of aromatic amines is 1. The normalized spacial score (nSPS) is 11.7. The van der Waals surface area contributed by atoms with E-state index in [1.165, 1.54) is 12.8 Å². The Balaban J connectivity index is 2.47. The van der Waals surface area contributed by atoms with Crippen LogP contribution in [0.25, 0.3) is 0 Å². The van der Waals surface area contributed by atoms with Crippen LogP contribution in [0.3, 0.4) is 0 Å². The van der Waals surface area contributed by atoms with Gasteiger partial charge in [-0.05, 0) is 18.9 Å². The molecule has 3 N–H and O–H groups in total. The molecule has 0 saturated carbocycles. The monoisotopic (exact) mass is 247 g/mol. The van der Waals surface area contributed by atoms with Crippen LogP contribution in [0, 0.1) is 0 Å². The van der Waals surface area contributed by atoms with Gasteiger partial charge in [-0.2, -0.15) is 0 Å². The fraction of sp³-hybridized carbons (Fsp3) is 0.600. The first-order valence-electron chi connectivity index (χ1n) is 5.44. The minimum atomic E-state index is -4.46. The Kier molecular flexibility index (Phi) is 5.06. The Morgan fingerprint density at radius 1 is 1.38 bits per heavy atom. The van der Waals surface area contributed by atoms with Gasteiger partial charge in [0.05, 0.1) is 0 Å². The third kappa shape index (κ3) is 4.84. The number of H-pyrrole nitrogens is 1. The minimum absolute atomic E-state index is 0.185. The molecule has 1 heterocycles. The predicted molar refractivity (Wildman–Crippen MR) is 61.3 cm³/mol. The van der Waals surface area contributed by atoms with Crippen molar-refractivity contribution in [2.45, 2.75) is 39.0 Å². The SMILES string of the molecule is CCCCCCc1cc[nH]c1OP(=O)(O)O. The van der Waals surface area contributed by atoms with Gasteiger partial charge in [-0.15, -0.1) is 0 Å². The zero-order valence-corrected chi connectivity index (χ0v) is 10.2. The highest BCUT2D eigenvalue weighted by atomic mass is 31.2. The Bertz CT molecular complexity index is 357.